The van der Waals surface area contributed by atoms with Crippen LogP contribution in [0.1, 0.15) is 54.4 Å². The van der Waals surface area contributed by atoms with Crippen LogP contribution >= 0.6 is 0 Å². The number of rotatable bonds is 8. The molecule has 2 aliphatic rings. The summed E-state index contributed by atoms with van der Waals surface area (Å²) >= 11 is 0. The molecule has 0 N–H and O–H groups in total. The number of piperazine rings is 1. The van der Waals surface area contributed by atoms with Gasteiger partial charge < -0.3 is 14.4 Å². The zero-order valence-corrected chi connectivity index (χ0v) is 18.4. The van der Waals surface area contributed by atoms with Gasteiger partial charge in [0.15, 0.2) is 0 Å². The van der Waals surface area contributed by atoms with Gasteiger partial charge in [0, 0.05) is 51.9 Å². The van der Waals surface area contributed by atoms with Crippen LogP contribution in [0.5, 0.6) is 0 Å². The fourth-order valence-corrected chi connectivity index (χ4v) is 3.69. The Bertz CT molecular complexity index is 402. The van der Waals surface area contributed by atoms with E-state index < -0.39 is 0 Å². The molecule has 5 heteroatoms. The molecule has 1 saturated heterocycles. The van der Waals surface area contributed by atoms with Gasteiger partial charge in [0.25, 0.3) is 0 Å². The molecule has 5 nitrogen and oxygen atoms in total. The summed E-state index contributed by atoms with van der Waals surface area (Å²) in [4.78, 5) is 7.68. The van der Waals surface area contributed by atoms with Gasteiger partial charge in [-0.2, -0.15) is 0 Å². The average molecular weight is 370 g/mol. The summed E-state index contributed by atoms with van der Waals surface area (Å²) in [5.41, 5.74) is -0.0311. The molecule has 0 atom stereocenters. The zero-order chi connectivity index (χ0) is 19.4. The molecule has 0 aromatic heterocycles. The number of nitrogens with zero attached hydrogens (tertiary/aromatic N) is 3. The summed E-state index contributed by atoms with van der Waals surface area (Å²) in [5, 5.41) is 0. The topological polar surface area (TPSA) is 28.2 Å². The zero-order valence-electron chi connectivity index (χ0n) is 18.4. The Morgan fingerprint density at radius 1 is 0.846 bits per heavy atom. The molecular formula is C21H43N3O2. The van der Waals surface area contributed by atoms with Gasteiger partial charge in [-0.1, -0.05) is 0 Å². The van der Waals surface area contributed by atoms with Gasteiger partial charge in [-0.05, 0) is 61.4 Å². The lowest BCUT2D eigenvalue weighted by Crippen LogP contribution is -2.52. The van der Waals surface area contributed by atoms with E-state index >= 15 is 0 Å². The van der Waals surface area contributed by atoms with E-state index in [4.69, 9.17) is 9.47 Å². The van der Waals surface area contributed by atoms with Crippen molar-refractivity contribution in [1.29, 1.82) is 0 Å². The van der Waals surface area contributed by atoms with Crippen LogP contribution < -0.4 is 0 Å². The maximum absolute atomic E-state index is 6.06. The van der Waals surface area contributed by atoms with Gasteiger partial charge in [0.05, 0.1) is 23.9 Å². The second-order valence-electron chi connectivity index (χ2n) is 10.1. The third-order valence-electron chi connectivity index (χ3n) is 5.39. The van der Waals surface area contributed by atoms with E-state index in [1.807, 2.05) is 0 Å². The molecule has 2 rings (SSSR count). The van der Waals surface area contributed by atoms with Crippen LogP contribution in [-0.2, 0) is 9.47 Å². The van der Waals surface area contributed by atoms with E-state index in [0.717, 1.165) is 13.2 Å². The summed E-state index contributed by atoms with van der Waals surface area (Å²) in [7, 11) is 2.28. The Hall–Kier alpha value is -0.200. The smallest absolute Gasteiger partial charge is 0.0612 e. The van der Waals surface area contributed by atoms with Crippen LogP contribution in [0.4, 0.5) is 0 Å². The lowest BCUT2D eigenvalue weighted by Gasteiger charge is -2.44. The van der Waals surface area contributed by atoms with Gasteiger partial charge in [0.2, 0.25) is 0 Å². The normalized spacial score (nSPS) is 26.3. The lowest BCUT2D eigenvalue weighted by atomic mass is 9.87. The van der Waals surface area contributed by atoms with Crippen LogP contribution in [0, 0.1) is 0 Å². The molecule has 0 unspecified atom stereocenters. The standard InChI is InChI=1S/C21H43N3O2/c1-20(2,3)25-15-14-24-12-10-23(11-13-24)9-8-22(7)18-16-19(17-18)26-21(4,5)6/h18-19H,8-17H2,1-7H3. The Morgan fingerprint density at radius 2 is 1.38 bits per heavy atom. The molecule has 1 aliphatic carbocycles. The van der Waals surface area contributed by atoms with E-state index in [-0.39, 0.29) is 11.2 Å². The molecule has 0 amide bonds. The van der Waals surface area contributed by atoms with Crippen LogP contribution in [0.2, 0.25) is 0 Å². The molecular weight excluding hydrogens is 326 g/mol. The molecule has 1 saturated carbocycles. The van der Waals surface area contributed by atoms with Gasteiger partial charge >= 0.3 is 0 Å². The van der Waals surface area contributed by atoms with E-state index in [1.54, 1.807) is 0 Å². The molecule has 0 aromatic rings. The van der Waals surface area contributed by atoms with Crippen molar-refractivity contribution in [3.05, 3.63) is 0 Å². The summed E-state index contributed by atoms with van der Waals surface area (Å²) in [6.07, 6.45) is 2.84. The maximum Gasteiger partial charge on any atom is 0.0612 e. The first kappa shape index (κ1) is 22.1. The van der Waals surface area contributed by atoms with Gasteiger partial charge in [-0.25, -0.2) is 0 Å². The molecule has 0 radical (unpaired) electrons. The Kier molecular flexibility index (Phi) is 7.93. The third kappa shape index (κ3) is 8.22. The minimum Gasteiger partial charge on any atom is -0.375 e. The fourth-order valence-electron chi connectivity index (χ4n) is 3.69. The second kappa shape index (κ2) is 9.33. The highest BCUT2D eigenvalue weighted by molar-refractivity contribution is 4.88. The summed E-state index contributed by atoms with van der Waals surface area (Å²) in [6.45, 7) is 21.8. The van der Waals surface area contributed by atoms with E-state index in [1.165, 1.54) is 52.1 Å². The maximum atomic E-state index is 6.06. The summed E-state index contributed by atoms with van der Waals surface area (Å²) in [6, 6.07) is 0.707. The molecule has 1 aliphatic heterocycles. The first-order chi connectivity index (χ1) is 12.0. The minimum atomic E-state index is -0.0230. The van der Waals surface area contributed by atoms with Gasteiger partial charge in [-0.15, -0.1) is 0 Å². The monoisotopic (exact) mass is 369 g/mol. The number of likely N-dealkylation sites (N-methyl/N-ethyl adjacent to an activating group) is 1. The predicted octanol–water partition coefficient (Wildman–Crippen LogP) is 2.70. The highest BCUT2D eigenvalue weighted by Crippen LogP contribution is 2.30. The Balaban J connectivity index is 1.53. The molecule has 1 heterocycles. The first-order valence-corrected chi connectivity index (χ1v) is 10.5. The number of hydrogen-bond donors (Lipinski definition) is 0. The quantitative estimate of drug-likeness (QED) is 0.656. The van der Waals surface area contributed by atoms with Crippen molar-refractivity contribution in [3.63, 3.8) is 0 Å². The van der Waals surface area contributed by atoms with Gasteiger partial charge in [0.1, 0.15) is 0 Å². The lowest BCUT2D eigenvalue weighted by molar-refractivity contribution is -0.117. The third-order valence-corrected chi connectivity index (χ3v) is 5.39. The first-order valence-electron chi connectivity index (χ1n) is 10.5. The predicted molar refractivity (Wildman–Crippen MR) is 109 cm³/mol. The molecule has 0 bridgehead atoms. The molecule has 0 spiro atoms. The molecule has 26 heavy (non-hydrogen) atoms. The fraction of sp³-hybridized carbons (Fsp3) is 1.00. The molecule has 154 valence electrons. The van der Waals surface area contributed by atoms with Crippen molar-refractivity contribution >= 4 is 0 Å². The van der Waals surface area contributed by atoms with E-state index in [2.05, 4.69) is 63.3 Å². The van der Waals surface area contributed by atoms with Gasteiger partial charge in [-0.3, -0.25) is 9.80 Å². The number of ether oxygens (including phenoxy) is 2. The molecule has 0 aromatic carbocycles. The van der Waals surface area contributed by atoms with Crippen molar-refractivity contribution in [2.45, 2.75) is 77.7 Å². The second-order valence-corrected chi connectivity index (χ2v) is 10.1. The summed E-state index contributed by atoms with van der Waals surface area (Å²) < 4.78 is 11.9. The van der Waals surface area contributed by atoms with Crippen LogP contribution in [0.25, 0.3) is 0 Å². The van der Waals surface area contributed by atoms with Crippen molar-refractivity contribution < 1.29 is 9.47 Å². The Labute approximate surface area is 162 Å². The molecule has 2 fully saturated rings. The van der Waals surface area contributed by atoms with Crippen molar-refractivity contribution in [2.75, 3.05) is 59.5 Å². The minimum absolute atomic E-state index is 0.00813. The largest absolute Gasteiger partial charge is 0.375 e. The average Bonchev–Trinajstić information content (AvgIpc) is 2.47. The SMILES string of the molecule is CN(CCN1CCN(CCOC(C)(C)C)CC1)C1CC(OC(C)(C)C)C1. The summed E-state index contributed by atoms with van der Waals surface area (Å²) in [5.74, 6) is 0. The van der Waals surface area contributed by atoms with Crippen molar-refractivity contribution in [1.82, 2.24) is 14.7 Å². The van der Waals surface area contributed by atoms with Crippen LogP contribution in [-0.4, -0.2) is 97.5 Å². The van der Waals surface area contributed by atoms with E-state index in [9.17, 15) is 0 Å². The van der Waals surface area contributed by atoms with E-state index in [0.29, 0.717) is 12.1 Å². The Morgan fingerprint density at radius 3 is 1.88 bits per heavy atom. The number of hydrogen-bond acceptors (Lipinski definition) is 5. The van der Waals surface area contributed by atoms with Crippen molar-refractivity contribution in [3.8, 4) is 0 Å². The highest BCUT2D eigenvalue weighted by atomic mass is 16.5. The van der Waals surface area contributed by atoms with Crippen LogP contribution in [0.15, 0.2) is 0 Å². The van der Waals surface area contributed by atoms with Crippen molar-refractivity contribution in [2.24, 2.45) is 0 Å². The highest BCUT2D eigenvalue weighted by Gasteiger charge is 2.35. The van der Waals surface area contributed by atoms with Crippen LogP contribution in [0.3, 0.4) is 0 Å².